The van der Waals surface area contributed by atoms with E-state index in [1.165, 1.54) is 25.3 Å². The smallest absolute Gasteiger partial charge is 0.175 e. The van der Waals surface area contributed by atoms with Crippen LogP contribution in [-0.4, -0.2) is 21.8 Å². The Morgan fingerprint density at radius 3 is 2.33 bits per heavy atom. The number of rotatable bonds is 4. The van der Waals surface area contributed by atoms with Crippen molar-refractivity contribution in [2.75, 3.05) is 24.4 Å². The number of anilines is 3. The van der Waals surface area contributed by atoms with Gasteiger partial charge in [-0.05, 0) is 24.3 Å². The minimum absolute atomic E-state index is 0.0689. The first-order chi connectivity index (χ1) is 9.81. The molecule has 0 saturated heterocycles. The maximum atomic E-state index is 13.5. The topological polar surface area (TPSA) is 81.4 Å². The molecule has 21 heavy (non-hydrogen) atoms. The molecule has 2 rings (SSSR count). The van der Waals surface area contributed by atoms with Crippen LogP contribution in [0.3, 0.4) is 0 Å². The summed E-state index contributed by atoms with van der Waals surface area (Å²) in [5.74, 6) is -0.479. The second-order valence-corrected chi connectivity index (χ2v) is 6.51. The van der Waals surface area contributed by atoms with Gasteiger partial charge in [-0.15, -0.1) is 0 Å². The van der Waals surface area contributed by atoms with Crippen molar-refractivity contribution in [3.8, 4) is 5.75 Å². The van der Waals surface area contributed by atoms with Crippen LogP contribution in [0.4, 0.5) is 21.5 Å². The van der Waals surface area contributed by atoms with E-state index in [1.54, 1.807) is 12.1 Å². The predicted octanol–water partition coefficient (Wildman–Crippen LogP) is 2.56. The van der Waals surface area contributed by atoms with E-state index in [-0.39, 0.29) is 16.3 Å². The summed E-state index contributed by atoms with van der Waals surface area (Å²) >= 11 is 0. The summed E-state index contributed by atoms with van der Waals surface area (Å²) in [4.78, 5) is 0.220. The van der Waals surface area contributed by atoms with Gasteiger partial charge in [0.05, 0.1) is 23.4 Å². The van der Waals surface area contributed by atoms with Crippen LogP contribution in [0.2, 0.25) is 0 Å². The molecule has 7 heteroatoms. The Kier molecular flexibility index (Phi) is 4.04. The molecule has 0 spiro atoms. The molecule has 0 bridgehead atoms. The lowest BCUT2D eigenvalue weighted by Crippen LogP contribution is -2.00. The molecule has 3 N–H and O–H groups in total. The van der Waals surface area contributed by atoms with Gasteiger partial charge in [0, 0.05) is 24.1 Å². The number of sulfone groups is 1. The minimum Gasteiger partial charge on any atom is -0.494 e. The zero-order valence-corrected chi connectivity index (χ0v) is 12.4. The van der Waals surface area contributed by atoms with Gasteiger partial charge in [0.25, 0.3) is 0 Å². The van der Waals surface area contributed by atoms with Gasteiger partial charge in [-0.2, -0.15) is 0 Å². The average Bonchev–Trinajstić information content (AvgIpc) is 2.41. The number of hydrogen-bond donors (Lipinski definition) is 2. The number of ether oxygens (including phenoxy) is 1. The molecule has 112 valence electrons. The molecule has 5 nitrogen and oxygen atoms in total. The zero-order valence-electron chi connectivity index (χ0n) is 11.6. The summed E-state index contributed by atoms with van der Waals surface area (Å²) in [6.45, 7) is 0. The van der Waals surface area contributed by atoms with E-state index in [9.17, 15) is 12.8 Å². The van der Waals surface area contributed by atoms with Crippen molar-refractivity contribution in [1.82, 2.24) is 0 Å². The Hall–Kier alpha value is -2.28. The van der Waals surface area contributed by atoms with Gasteiger partial charge >= 0.3 is 0 Å². The van der Waals surface area contributed by atoms with Crippen LogP contribution in [0.1, 0.15) is 0 Å². The van der Waals surface area contributed by atoms with Crippen LogP contribution < -0.4 is 15.8 Å². The van der Waals surface area contributed by atoms with Gasteiger partial charge in [0.15, 0.2) is 21.4 Å². The summed E-state index contributed by atoms with van der Waals surface area (Å²) in [7, 11) is -1.88. The average molecular weight is 310 g/mol. The first kappa shape index (κ1) is 15.1. The van der Waals surface area contributed by atoms with Gasteiger partial charge in [-0.3, -0.25) is 0 Å². The highest BCUT2D eigenvalue weighted by Gasteiger charge is 2.10. The number of nitrogen functional groups attached to an aromatic ring is 1. The summed E-state index contributed by atoms with van der Waals surface area (Å²) in [5, 5.41) is 2.99. The van der Waals surface area contributed by atoms with E-state index in [0.717, 1.165) is 12.3 Å². The number of nitrogens with two attached hydrogens (primary N) is 1. The van der Waals surface area contributed by atoms with E-state index in [2.05, 4.69) is 5.32 Å². The third-order valence-corrected chi connectivity index (χ3v) is 4.01. The summed E-state index contributed by atoms with van der Waals surface area (Å²) in [6, 6.07) is 8.77. The molecule has 0 unspecified atom stereocenters. The lowest BCUT2D eigenvalue weighted by atomic mass is 10.2. The SMILES string of the molecule is COc1cc(Nc2ccc(S(C)(=O)=O)cc2)c(N)cc1F. The first-order valence-electron chi connectivity index (χ1n) is 6.01. The molecular weight excluding hydrogens is 295 g/mol. The number of nitrogens with one attached hydrogen (secondary N) is 1. The number of halogens is 1. The molecule has 0 aromatic heterocycles. The molecule has 0 amide bonds. The monoisotopic (exact) mass is 310 g/mol. The molecular formula is C14H15FN2O3S. The van der Waals surface area contributed by atoms with Crippen molar-refractivity contribution in [1.29, 1.82) is 0 Å². The molecule has 0 radical (unpaired) electrons. The molecule has 0 saturated carbocycles. The molecule has 0 aliphatic carbocycles. The quantitative estimate of drug-likeness (QED) is 0.848. The summed E-state index contributed by atoms with van der Waals surface area (Å²) in [5.41, 5.74) is 7.06. The Labute approximate surface area is 122 Å². The molecule has 2 aromatic rings. The largest absolute Gasteiger partial charge is 0.494 e. The first-order valence-corrected chi connectivity index (χ1v) is 7.90. The van der Waals surface area contributed by atoms with Gasteiger partial charge in [0.1, 0.15) is 0 Å². The highest BCUT2D eigenvalue weighted by molar-refractivity contribution is 7.90. The van der Waals surface area contributed by atoms with Gasteiger partial charge in [0.2, 0.25) is 0 Å². The third kappa shape index (κ3) is 3.43. The van der Waals surface area contributed by atoms with Crippen molar-refractivity contribution in [2.24, 2.45) is 0 Å². The predicted molar refractivity (Wildman–Crippen MR) is 80.2 cm³/mol. The fourth-order valence-electron chi connectivity index (χ4n) is 1.77. The molecule has 2 aromatic carbocycles. The molecule has 0 heterocycles. The van der Waals surface area contributed by atoms with Crippen LogP contribution in [-0.2, 0) is 9.84 Å². The van der Waals surface area contributed by atoms with E-state index < -0.39 is 15.7 Å². The molecule has 0 fully saturated rings. The fraction of sp³-hybridized carbons (Fsp3) is 0.143. The number of hydrogen-bond acceptors (Lipinski definition) is 5. The Balaban J connectivity index is 2.30. The normalized spacial score (nSPS) is 11.2. The van der Waals surface area contributed by atoms with Crippen LogP contribution >= 0.6 is 0 Å². The highest BCUT2D eigenvalue weighted by Crippen LogP contribution is 2.30. The molecule has 0 aliphatic rings. The van der Waals surface area contributed by atoms with Crippen LogP contribution in [0.15, 0.2) is 41.3 Å². The maximum absolute atomic E-state index is 13.5. The fourth-order valence-corrected chi connectivity index (χ4v) is 2.40. The van der Waals surface area contributed by atoms with Crippen molar-refractivity contribution in [3.05, 3.63) is 42.2 Å². The summed E-state index contributed by atoms with van der Waals surface area (Å²) < 4.78 is 41.1. The zero-order chi connectivity index (χ0) is 15.6. The lowest BCUT2D eigenvalue weighted by molar-refractivity contribution is 0.387. The lowest BCUT2D eigenvalue weighted by Gasteiger charge is -2.12. The second-order valence-electron chi connectivity index (χ2n) is 4.50. The highest BCUT2D eigenvalue weighted by atomic mass is 32.2. The van der Waals surface area contributed by atoms with E-state index in [0.29, 0.717) is 11.4 Å². The van der Waals surface area contributed by atoms with Crippen LogP contribution in [0, 0.1) is 5.82 Å². The van der Waals surface area contributed by atoms with E-state index in [4.69, 9.17) is 10.5 Å². The number of benzene rings is 2. The second kappa shape index (κ2) is 5.61. The molecule has 0 atom stereocenters. The van der Waals surface area contributed by atoms with E-state index in [1.807, 2.05) is 0 Å². The van der Waals surface area contributed by atoms with Crippen molar-refractivity contribution in [2.45, 2.75) is 4.90 Å². The Bertz CT molecular complexity index is 759. The van der Waals surface area contributed by atoms with Crippen LogP contribution in [0.25, 0.3) is 0 Å². The van der Waals surface area contributed by atoms with Gasteiger partial charge < -0.3 is 15.8 Å². The van der Waals surface area contributed by atoms with E-state index >= 15 is 0 Å². The minimum atomic E-state index is -3.24. The number of methoxy groups -OCH3 is 1. The summed E-state index contributed by atoms with van der Waals surface area (Å²) in [6.07, 6.45) is 1.14. The molecule has 0 aliphatic heterocycles. The van der Waals surface area contributed by atoms with Gasteiger partial charge in [-0.25, -0.2) is 12.8 Å². The Morgan fingerprint density at radius 1 is 1.19 bits per heavy atom. The van der Waals surface area contributed by atoms with Crippen molar-refractivity contribution in [3.63, 3.8) is 0 Å². The third-order valence-electron chi connectivity index (χ3n) is 2.89. The van der Waals surface area contributed by atoms with Crippen molar-refractivity contribution >= 4 is 26.9 Å². The maximum Gasteiger partial charge on any atom is 0.175 e. The standard InChI is InChI=1S/C14H15FN2O3S/c1-20-14-8-13(12(16)7-11(14)15)17-9-3-5-10(6-4-9)21(2,18)19/h3-8,17H,16H2,1-2H3. The van der Waals surface area contributed by atoms with Gasteiger partial charge in [-0.1, -0.05) is 0 Å². The van der Waals surface area contributed by atoms with Crippen molar-refractivity contribution < 1.29 is 17.5 Å². The Morgan fingerprint density at radius 2 is 1.81 bits per heavy atom. The van der Waals surface area contributed by atoms with Crippen LogP contribution in [0.5, 0.6) is 5.75 Å².